The van der Waals surface area contributed by atoms with Crippen molar-refractivity contribution < 1.29 is 33.1 Å². The van der Waals surface area contributed by atoms with Gasteiger partial charge in [-0.3, -0.25) is 4.63 Å². The predicted octanol–water partition coefficient (Wildman–Crippen LogP) is 1.98. The Balaban J connectivity index is 2.20. The summed E-state index contributed by atoms with van der Waals surface area (Å²) in [5.74, 6) is -2.27. The van der Waals surface area contributed by atoms with Gasteiger partial charge in [0.15, 0.2) is 5.69 Å². The quantitative estimate of drug-likeness (QED) is 0.470. The largest absolute Gasteiger partial charge is 0.462 e. The molecule has 0 aliphatic rings. The van der Waals surface area contributed by atoms with Crippen molar-refractivity contribution in [2.75, 3.05) is 13.2 Å². The van der Waals surface area contributed by atoms with E-state index in [0.717, 1.165) is 0 Å². The summed E-state index contributed by atoms with van der Waals surface area (Å²) in [6.45, 7) is 3.29. The monoisotopic (exact) mass is 373 g/mol. The number of benzene rings is 1. The van der Waals surface area contributed by atoms with Gasteiger partial charge >= 0.3 is 11.9 Å². The molecule has 27 heavy (non-hydrogen) atoms. The van der Waals surface area contributed by atoms with Gasteiger partial charge in [-0.2, -0.15) is 0 Å². The molecule has 0 amide bonds. The summed E-state index contributed by atoms with van der Waals surface area (Å²) >= 11 is 0. The lowest BCUT2D eigenvalue weighted by Gasteiger charge is -2.03. The zero-order chi connectivity index (χ0) is 19.4. The van der Waals surface area contributed by atoms with Gasteiger partial charge in [-0.1, -0.05) is 35.5 Å². The number of aromatic nitrogens is 3. The Hall–Kier alpha value is -3.69. The molecule has 0 N–H and O–H groups in total. The van der Waals surface area contributed by atoms with Gasteiger partial charge in [-0.05, 0) is 18.8 Å². The maximum Gasteiger partial charge on any atom is 0.378 e. The molecule has 140 valence electrons. The van der Waals surface area contributed by atoms with Crippen LogP contribution in [0.1, 0.15) is 34.8 Å². The van der Waals surface area contributed by atoms with Crippen LogP contribution in [-0.4, -0.2) is 35.5 Å². The molecule has 3 rings (SSSR count). The van der Waals surface area contributed by atoms with E-state index in [-0.39, 0.29) is 40.8 Å². The lowest BCUT2D eigenvalue weighted by atomic mass is 10.1. The van der Waals surface area contributed by atoms with E-state index in [1.54, 1.807) is 44.2 Å². The molecule has 2 aromatic heterocycles. The van der Waals surface area contributed by atoms with Crippen molar-refractivity contribution in [2.24, 2.45) is 0 Å². The third-order valence-electron chi connectivity index (χ3n) is 3.52. The van der Waals surface area contributed by atoms with E-state index < -0.39 is 17.7 Å². The lowest BCUT2D eigenvalue weighted by Crippen LogP contribution is -2.26. The first kappa shape index (κ1) is 18.1. The van der Waals surface area contributed by atoms with Gasteiger partial charge in [0.25, 0.3) is 17.1 Å². The molecule has 0 spiro atoms. The SMILES string of the molecule is CCOC(=O)c1onc(-c2c(-c3ccccc3)no[n+]2[O-])c1C(=O)OCC. The Labute approximate surface area is 152 Å². The van der Waals surface area contributed by atoms with E-state index in [1.807, 2.05) is 0 Å². The summed E-state index contributed by atoms with van der Waals surface area (Å²) in [6, 6.07) is 8.65. The summed E-state index contributed by atoms with van der Waals surface area (Å²) in [5.41, 5.74) is -0.0864. The van der Waals surface area contributed by atoms with E-state index in [2.05, 4.69) is 14.9 Å². The van der Waals surface area contributed by atoms with Crippen molar-refractivity contribution in [3.63, 3.8) is 0 Å². The highest BCUT2D eigenvalue weighted by molar-refractivity contribution is 6.05. The molecular weight excluding hydrogens is 358 g/mol. The van der Waals surface area contributed by atoms with Gasteiger partial charge in [0.1, 0.15) is 5.56 Å². The number of hydrogen-bond acceptors (Lipinski definition) is 9. The number of carbonyl (C=O) groups is 2. The zero-order valence-electron chi connectivity index (χ0n) is 14.5. The van der Waals surface area contributed by atoms with E-state index in [0.29, 0.717) is 5.56 Å². The van der Waals surface area contributed by atoms with Crippen LogP contribution in [0.4, 0.5) is 0 Å². The van der Waals surface area contributed by atoms with Crippen molar-refractivity contribution in [1.82, 2.24) is 10.3 Å². The third kappa shape index (κ3) is 3.36. The fourth-order valence-electron chi connectivity index (χ4n) is 2.41. The minimum Gasteiger partial charge on any atom is -0.462 e. The topological polar surface area (TPSA) is 132 Å². The molecule has 10 heteroatoms. The third-order valence-corrected chi connectivity index (χ3v) is 3.52. The summed E-state index contributed by atoms with van der Waals surface area (Å²) in [4.78, 5) is 24.6. The van der Waals surface area contributed by atoms with Gasteiger partial charge in [-0.25, -0.2) is 9.59 Å². The summed E-state index contributed by atoms with van der Waals surface area (Å²) in [6.07, 6.45) is 0. The molecule has 0 saturated heterocycles. The number of carbonyl (C=O) groups excluding carboxylic acids is 2. The Morgan fingerprint density at radius 1 is 1.04 bits per heavy atom. The Morgan fingerprint density at radius 3 is 2.37 bits per heavy atom. The first-order valence-corrected chi connectivity index (χ1v) is 8.07. The Bertz CT molecular complexity index is 962. The number of ether oxygens (including phenoxy) is 2. The van der Waals surface area contributed by atoms with Crippen molar-refractivity contribution in [3.8, 4) is 22.6 Å². The molecule has 0 aliphatic heterocycles. The molecule has 1 aromatic carbocycles. The summed E-state index contributed by atoms with van der Waals surface area (Å²) < 4.78 is 19.5. The van der Waals surface area contributed by atoms with Gasteiger partial charge in [0, 0.05) is 10.7 Å². The standard InChI is InChI=1S/C17H15N3O7/c1-3-24-16(21)11-13(18-26-15(11)17(22)25-4-2)14-12(19-27-20(14)23)10-8-6-5-7-9-10/h5-9H,3-4H2,1-2H3. The smallest absolute Gasteiger partial charge is 0.378 e. The Kier molecular flexibility index (Phi) is 5.15. The lowest BCUT2D eigenvalue weighted by molar-refractivity contribution is -0.793. The fraction of sp³-hybridized carbons (Fsp3) is 0.235. The van der Waals surface area contributed by atoms with E-state index in [9.17, 15) is 14.8 Å². The fourth-order valence-corrected chi connectivity index (χ4v) is 2.41. The predicted molar refractivity (Wildman–Crippen MR) is 88.3 cm³/mol. The van der Waals surface area contributed by atoms with Crippen LogP contribution in [0.5, 0.6) is 0 Å². The zero-order valence-corrected chi connectivity index (χ0v) is 14.5. The highest BCUT2D eigenvalue weighted by atomic mass is 16.8. The van der Waals surface area contributed by atoms with Crippen molar-refractivity contribution in [3.05, 3.63) is 46.9 Å². The van der Waals surface area contributed by atoms with Crippen LogP contribution in [0.2, 0.25) is 0 Å². The highest BCUT2D eigenvalue weighted by Gasteiger charge is 2.36. The molecule has 10 nitrogen and oxygen atoms in total. The second-order valence-corrected chi connectivity index (χ2v) is 5.17. The van der Waals surface area contributed by atoms with Crippen LogP contribution in [-0.2, 0) is 9.47 Å². The van der Waals surface area contributed by atoms with Crippen LogP contribution in [0.15, 0.2) is 39.5 Å². The van der Waals surface area contributed by atoms with Crippen LogP contribution in [0.25, 0.3) is 22.6 Å². The van der Waals surface area contributed by atoms with E-state index in [1.165, 1.54) is 0 Å². The molecule has 0 radical (unpaired) electrons. The van der Waals surface area contributed by atoms with Crippen molar-refractivity contribution >= 4 is 11.9 Å². The molecule has 0 unspecified atom stereocenters. The van der Waals surface area contributed by atoms with Crippen molar-refractivity contribution in [2.45, 2.75) is 13.8 Å². The number of esters is 2. The minimum absolute atomic E-state index is 0.0400. The van der Waals surface area contributed by atoms with Gasteiger partial charge in [-0.15, -0.1) is 0 Å². The van der Waals surface area contributed by atoms with Gasteiger partial charge in [0.2, 0.25) is 0 Å². The second-order valence-electron chi connectivity index (χ2n) is 5.17. The molecular formula is C17H15N3O7. The average Bonchev–Trinajstić information content (AvgIpc) is 3.26. The molecule has 0 aliphatic carbocycles. The second kappa shape index (κ2) is 7.68. The van der Waals surface area contributed by atoms with E-state index in [4.69, 9.17) is 14.0 Å². The van der Waals surface area contributed by atoms with Gasteiger partial charge in [0.05, 0.1) is 13.2 Å². The maximum atomic E-state index is 12.4. The van der Waals surface area contributed by atoms with Gasteiger partial charge < -0.3 is 19.2 Å². The molecule has 0 fully saturated rings. The number of nitrogens with zero attached hydrogens (tertiary/aromatic N) is 3. The molecule has 2 heterocycles. The van der Waals surface area contributed by atoms with Crippen LogP contribution < -0.4 is 4.90 Å². The highest BCUT2D eigenvalue weighted by Crippen LogP contribution is 2.31. The van der Waals surface area contributed by atoms with Crippen molar-refractivity contribution in [1.29, 1.82) is 0 Å². The minimum atomic E-state index is -0.908. The number of hydrogen-bond donors (Lipinski definition) is 0. The summed E-state index contributed by atoms with van der Waals surface area (Å²) in [5, 5.41) is 19.6. The van der Waals surface area contributed by atoms with Crippen LogP contribution >= 0.6 is 0 Å². The molecule has 0 atom stereocenters. The maximum absolute atomic E-state index is 12.4. The molecule has 3 aromatic rings. The summed E-state index contributed by atoms with van der Waals surface area (Å²) in [7, 11) is 0. The van der Waals surface area contributed by atoms with Crippen LogP contribution in [0.3, 0.4) is 0 Å². The molecule has 0 saturated carbocycles. The Morgan fingerprint density at radius 2 is 1.70 bits per heavy atom. The van der Waals surface area contributed by atoms with E-state index >= 15 is 0 Å². The first-order valence-electron chi connectivity index (χ1n) is 8.07. The number of rotatable bonds is 6. The average molecular weight is 373 g/mol. The first-order chi connectivity index (χ1) is 13.1. The molecule has 0 bridgehead atoms. The van der Waals surface area contributed by atoms with Crippen LogP contribution in [0, 0.1) is 5.21 Å². The normalized spacial score (nSPS) is 10.6.